The zero-order chi connectivity index (χ0) is 9.26. The molecule has 0 fully saturated rings. The Morgan fingerprint density at radius 3 is 3.00 bits per heavy atom. The van der Waals surface area contributed by atoms with Crippen LogP contribution in [0.25, 0.3) is 0 Å². The minimum atomic E-state index is -0.212. The second-order valence-corrected chi connectivity index (χ2v) is 2.95. The van der Waals surface area contributed by atoms with E-state index in [1.165, 1.54) is 6.07 Å². The molecule has 0 saturated heterocycles. The van der Waals surface area contributed by atoms with E-state index in [1.807, 2.05) is 6.07 Å². The lowest BCUT2D eigenvalue weighted by molar-refractivity contribution is 0.348. The molecule has 0 radical (unpaired) electrons. The highest BCUT2D eigenvalue weighted by Crippen LogP contribution is 2.15. The first kappa shape index (κ1) is 8.23. The van der Waals surface area contributed by atoms with E-state index in [4.69, 9.17) is 4.74 Å². The molecular weight excluding hydrogens is 169 g/mol. The van der Waals surface area contributed by atoms with Crippen LogP contribution in [0.4, 0.5) is 4.39 Å². The van der Waals surface area contributed by atoms with Gasteiger partial charge in [0.05, 0.1) is 6.54 Å². The summed E-state index contributed by atoms with van der Waals surface area (Å²) >= 11 is 0. The van der Waals surface area contributed by atoms with Gasteiger partial charge in [-0.05, 0) is 24.6 Å². The fourth-order valence-electron chi connectivity index (χ4n) is 1.34. The molecule has 68 valence electrons. The van der Waals surface area contributed by atoms with Crippen molar-refractivity contribution in [2.75, 3.05) is 13.2 Å². The van der Waals surface area contributed by atoms with Crippen molar-refractivity contribution < 1.29 is 9.13 Å². The Morgan fingerprint density at radius 2 is 2.31 bits per heavy atom. The standard InChI is InChI=1S/C10H10FNO/c1-7-8(3-2-4-9(7)11)10-12-5-6-13-10/h2-4H,5-6H2,1H3. The summed E-state index contributed by atoms with van der Waals surface area (Å²) < 4.78 is 18.4. The van der Waals surface area contributed by atoms with Crippen LogP contribution in [-0.4, -0.2) is 19.0 Å². The van der Waals surface area contributed by atoms with Crippen molar-refractivity contribution in [3.63, 3.8) is 0 Å². The van der Waals surface area contributed by atoms with E-state index in [0.717, 1.165) is 5.56 Å². The van der Waals surface area contributed by atoms with Gasteiger partial charge in [0.25, 0.3) is 0 Å². The van der Waals surface area contributed by atoms with E-state index >= 15 is 0 Å². The monoisotopic (exact) mass is 179 g/mol. The molecule has 1 aromatic carbocycles. The van der Waals surface area contributed by atoms with Crippen molar-refractivity contribution in [1.82, 2.24) is 0 Å². The van der Waals surface area contributed by atoms with Crippen LogP contribution in [0.15, 0.2) is 23.2 Å². The number of rotatable bonds is 1. The number of hydrogen-bond acceptors (Lipinski definition) is 2. The maximum Gasteiger partial charge on any atom is 0.216 e. The molecule has 0 bridgehead atoms. The summed E-state index contributed by atoms with van der Waals surface area (Å²) in [7, 11) is 0. The van der Waals surface area contributed by atoms with Gasteiger partial charge in [0, 0.05) is 5.56 Å². The largest absolute Gasteiger partial charge is 0.476 e. The zero-order valence-electron chi connectivity index (χ0n) is 7.38. The molecule has 0 unspecified atom stereocenters. The SMILES string of the molecule is Cc1c(F)cccc1C1=NCCO1. The van der Waals surface area contributed by atoms with E-state index in [-0.39, 0.29) is 5.82 Å². The molecule has 1 aliphatic heterocycles. The van der Waals surface area contributed by atoms with Gasteiger partial charge in [0.1, 0.15) is 12.4 Å². The van der Waals surface area contributed by atoms with Crippen molar-refractivity contribution in [3.8, 4) is 0 Å². The Labute approximate surface area is 76.1 Å². The number of benzene rings is 1. The summed E-state index contributed by atoms with van der Waals surface area (Å²) in [6, 6.07) is 4.93. The average molecular weight is 179 g/mol. The summed E-state index contributed by atoms with van der Waals surface area (Å²) in [6.07, 6.45) is 0. The predicted molar refractivity (Wildman–Crippen MR) is 48.5 cm³/mol. The second kappa shape index (κ2) is 3.17. The number of ether oxygens (including phenoxy) is 1. The molecule has 2 nitrogen and oxygen atoms in total. The number of aliphatic imine (C=N–C) groups is 1. The van der Waals surface area contributed by atoms with Gasteiger partial charge in [0.15, 0.2) is 0 Å². The lowest BCUT2D eigenvalue weighted by atomic mass is 10.1. The number of halogens is 1. The highest BCUT2D eigenvalue weighted by atomic mass is 19.1. The van der Waals surface area contributed by atoms with Gasteiger partial charge in [-0.15, -0.1) is 0 Å². The summed E-state index contributed by atoms with van der Waals surface area (Å²) in [4.78, 5) is 4.14. The lowest BCUT2D eigenvalue weighted by Gasteiger charge is -2.05. The fraction of sp³-hybridized carbons (Fsp3) is 0.300. The third-order valence-electron chi connectivity index (χ3n) is 2.08. The van der Waals surface area contributed by atoms with Gasteiger partial charge >= 0.3 is 0 Å². The average Bonchev–Trinajstić information content (AvgIpc) is 2.62. The number of hydrogen-bond donors (Lipinski definition) is 0. The van der Waals surface area contributed by atoms with Gasteiger partial charge < -0.3 is 4.74 Å². The van der Waals surface area contributed by atoms with E-state index in [0.29, 0.717) is 24.6 Å². The van der Waals surface area contributed by atoms with Gasteiger partial charge in [-0.2, -0.15) is 0 Å². The molecule has 0 aromatic heterocycles. The maximum atomic E-state index is 13.1. The smallest absolute Gasteiger partial charge is 0.216 e. The Morgan fingerprint density at radius 1 is 1.46 bits per heavy atom. The summed E-state index contributed by atoms with van der Waals surface area (Å²) in [5.74, 6) is 0.354. The minimum Gasteiger partial charge on any atom is -0.476 e. The summed E-state index contributed by atoms with van der Waals surface area (Å²) in [6.45, 7) is 3.01. The van der Waals surface area contributed by atoms with Gasteiger partial charge in [-0.1, -0.05) is 6.07 Å². The van der Waals surface area contributed by atoms with E-state index < -0.39 is 0 Å². The van der Waals surface area contributed by atoms with Crippen LogP contribution in [0.2, 0.25) is 0 Å². The zero-order valence-corrected chi connectivity index (χ0v) is 7.38. The van der Waals surface area contributed by atoms with E-state index in [9.17, 15) is 4.39 Å². The predicted octanol–water partition coefficient (Wildman–Crippen LogP) is 1.91. The molecule has 1 aromatic rings. The summed E-state index contributed by atoms with van der Waals surface area (Å²) in [5, 5.41) is 0. The molecule has 1 aliphatic rings. The van der Waals surface area contributed by atoms with Crippen LogP contribution >= 0.6 is 0 Å². The van der Waals surface area contributed by atoms with Gasteiger partial charge in [-0.3, -0.25) is 0 Å². The van der Waals surface area contributed by atoms with Crippen molar-refractivity contribution in [1.29, 1.82) is 0 Å². The fourth-order valence-corrected chi connectivity index (χ4v) is 1.34. The second-order valence-electron chi connectivity index (χ2n) is 2.95. The highest BCUT2D eigenvalue weighted by Gasteiger charge is 2.14. The quantitative estimate of drug-likeness (QED) is 0.645. The van der Waals surface area contributed by atoms with Crippen molar-refractivity contribution in [3.05, 3.63) is 35.1 Å². The molecule has 0 aliphatic carbocycles. The third-order valence-corrected chi connectivity index (χ3v) is 2.08. The third kappa shape index (κ3) is 1.41. The highest BCUT2D eigenvalue weighted by molar-refractivity contribution is 5.96. The minimum absolute atomic E-state index is 0.212. The van der Waals surface area contributed by atoms with Crippen LogP contribution in [0.1, 0.15) is 11.1 Å². The molecule has 1 heterocycles. The van der Waals surface area contributed by atoms with Crippen molar-refractivity contribution in [2.45, 2.75) is 6.92 Å². The molecule has 0 spiro atoms. The Bertz CT molecular complexity index is 360. The van der Waals surface area contributed by atoms with E-state index in [2.05, 4.69) is 4.99 Å². The van der Waals surface area contributed by atoms with Gasteiger partial charge in [0.2, 0.25) is 5.90 Å². The lowest BCUT2D eigenvalue weighted by Crippen LogP contribution is -2.04. The molecular formula is C10H10FNO. The molecule has 3 heteroatoms. The Hall–Kier alpha value is -1.38. The first-order valence-corrected chi connectivity index (χ1v) is 4.22. The molecule has 0 N–H and O–H groups in total. The Kier molecular flexibility index (Phi) is 2.00. The van der Waals surface area contributed by atoms with Gasteiger partial charge in [-0.25, -0.2) is 9.38 Å². The molecule has 13 heavy (non-hydrogen) atoms. The van der Waals surface area contributed by atoms with Crippen LogP contribution in [0.3, 0.4) is 0 Å². The van der Waals surface area contributed by atoms with Crippen LogP contribution in [0.5, 0.6) is 0 Å². The van der Waals surface area contributed by atoms with Crippen LogP contribution in [-0.2, 0) is 4.74 Å². The first-order chi connectivity index (χ1) is 6.29. The maximum absolute atomic E-state index is 13.1. The van der Waals surface area contributed by atoms with Crippen molar-refractivity contribution >= 4 is 5.90 Å². The topological polar surface area (TPSA) is 21.6 Å². The first-order valence-electron chi connectivity index (χ1n) is 4.22. The van der Waals surface area contributed by atoms with Crippen molar-refractivity contribution in [2.24, 2.45) is 4.99 Å². The van der Waals surface area contributed by atoms with E-state index in [1.54, 1.807) is 13.0 Å². The molecule has 2 rings (SSSR count). The number of nitrogens with zero attached hydrogens (tertiary/aromatic N) is 1. The Balaban J connectivity index is 2.45. The normalized spacial score (nSPS) is 15.4. The van der Waals surface area contributed by atoms with Crippen LogP contribution in [0, 0.1) is 12.7 Å². The van der Waals surface area contributed by atoms with Crippen LogP contribution < -0.4 is 0 Å². The molecule has 0 amide bonds. The summed E-state index contributed by atoms with van der Waals surface area (Å²) in [5.41, 5.74) is 1.36. The molecule has 0 atom stereocenters. The molecule has 0 saturated carbocycles.